The summed E-state index contributed by atoms with van der Waals surface area (Å²) in [5.41, 5.74) is 7.85. The summed E-state index contributed by atoms with van der Waals surface area (Å²) in [6, 6.07) is 4.18. The molecule has 2 aromatic rings. The highest BCUT2D eigenvalue weighted by Gasteiger charge is 2.24. The first kappa shape index (κ1) is 8.85. The predicted octanol–water partition coefficient (Wildman–Crippen LogP) is 2.66. The van der Waals surface area contributed by atoms with Gasteiger partial charge in [-0.15, -0.1) is 11.3 Å². The molecule has 1 fully saturated rings. The Balaban J connectivity index is 1.92. The summed E-state index contributed by atoms with van der Waals surface area (Å²) in [6.45, 7) is 0. The number of thiazole rings is 1. The molecular weight excluding hydrogens is 206 g/mol. The van der Waals surface area contributed by atoms with Gasteiger partial charge in [-0.1, -0.05) is 0 Å². The van der Waals surface area contributed by atoms with E-state index in [0.717, 1.165) is 10.6 Å². The normalized spacial score (nSPS) is 15.5. The van der Waals surface area contributed by atoms with Crippen LogP contribution in [0, 0.1) is 0 Å². The summed E-state index contributed by atoms with van der Waals surface area (Å²) >= 11 is 1.56. The lowest BCUT2D eigenvalue weighted by Gasteiger charge is -1.98. The topological polar surface area (TPSA) is 51.8 Å². The third-order valence-electron chi connectivity index (χ3n) is 2.55. The van der Waals surface area contributed by atoms with Gasteiger partial charge in [0.2, 0.25) is 0 Å². The van der Waals surface area contributed by atoms with Crippen LogP contribution in [-0.4, -0.2) is 9.97 Å². The van der Waals surface area contributed by atoms with Crippen LogP contribution in [-0.2, 0) is 0 Å². The van der Waals surface area contributed by atoms with Crippen molar-refractivity contribution < 1.29 is 0 Å². The van der Waals surface area contributed by atoms with Crippen molar-refractivity contribution in [1.29, 1.82) is 0 Å². The lowest BCUT2D eigenvalue weighted by molar-refractivity contribution is 1.02. The molecule has 76 valence electrons. The monoisotopic (exact) mass is 217 g/mol. The molecular formula is C11H11N3S. The number of nitrogens with zero attached hydrogens (tertiary/aromatic N) is 2. The van der Waals surface area contributed by atoms with E-state index in [9.17, 15) is 0 Å². The van der Waals surface area contributed by atoms with Gasteiger partial charge in [0.05, 0.1) is 0 Å². The van der Waals surface area contributed by atoms with Crippen LogP contribution < -0.4 is 5.73 Å². The van der Waals surface area contributed by atoms with Gasteiger partial charge in [0.15, 0.2) is 0 Å². The van der Waals surface area contributed by atoms with E-state index in [4.69, 9.17) is 5.73 Å². The van der Waals surface area contributed by atoms with Crippen LogP contribution in [0.25, 0.3) is 10.6 Å². The molecule has 0 radical (unpaired) electrons. The van der Waals surface area contributed by atoms with Crippen molar-refractivity contribution in [2.45, 2.75) is 18.8 Å². The van der Waals surface area contributed by atoms with Crippen molar-refractivity contribution in [2.24, 2.45) is 0 Å². The van der Waals surface area contributed by atoms with Crippen LogP contribution in [0.5, 0.6) is 0 Å². The fraction of sp³-hybridized carbons (Fsp3) is 0.273. The van der Waals surface area contributed by atoms with Gasteiger partial charge in [-0.2, -0.15) is 0 Å². The zero-order chi connectivity index (χ0) is 10.3. The third-order valence-corrected chi connectivity index (χ3v) is 3.46. The van der Waals surface area contributed by atoms with Gasteiger partial charge >= 0.3 is 0 Å². The highest BCUT2D eigenvalue weighted by molar-refractivity contribution is 7.13. The molecule has 0 unspecified atom stereocenters. The minimum atomic E-state index is 0.585. The van der Waals surface area contributed by atoms with E-state index in [1.807, 2.05) is 11.6 Å². The molecule has 0 aliphatic heterocycles. The quantitative estimate of drug-likeness (QED) is 0.841. The van der Waals surface area contributed by atoms with Gasteiger partial charge in [0.1, 0.15) is 10.8 Å². The van der Waals surface area contributed by atoms with E-state index in [1.165, 1.54) is 18.5 Å². The maximum atomic E-state index is 5.58. The zero-order valence-electron chi connectivity index (χ0n) is 8.18. The first-order valence-electron chi connectivity index (χ1n) is 5.00. The van der Waals surface area contributed by atoms with E-state index in [2.05, 4.69) is 22.1 Å². The lowest BCUT2D eigenvalue weighted by atomic mass is 10.2. The highest BCUT2D eigenvalue weighted by atomic mass is 32.1. The Morgan fingerprint density at radius 1 is 1.33 bits per heavy atom. The van der Waals surface area contributed by atoms with Gasteiger partial charge < -0.3 is 5.73 Å². The maximum Gasteiger partial charge on any atom is 0.135 e. The molecule has 1 aliphatic rings. The second-order valence-corrected chi connectivity index (χ2v) is 4.68. The number of pyridine rings is 1. The number of hydrogen-bond acceptors (Lipinski definition) is 4. The molecule has 0 amide bonds. The Morgan fingerprint density at radius 2 is 2.20 bits per heavy atom. The Morgan fingerprint density at radius 3 is 2.73 bits per heavy atom. The van der Waals surface area contributed by atoms with Gasteiger partial charge in [-0.3, -0.25) is 4.98 Å². The van der Waals surface area contributed by atoms with Crippen molar-refractivity contribution in [1.82, 2.24) is 9.97 Å². The molecule has 3 rings (SSSR count). The van der Waals surface area contributed by atoms with Gasteiger partial charge in [0, 0.05) is 28.8 Å². The minimum Gasteiger partial charge on any atom is -0.383 e. The van der Waals surface area contributed by atoms with Crippen LogP contribution in [0.3, 0.4) is 0 Å². The fourth-order valence-corrected chi connectivity index (χ4v) is 2.27. The highest BCUT2D eigenvalue weighted by Crippen LogP contribution is 2.39. The fourth-order valence-electron chi connectivity index (χ4n) is 1.57. The molecule has 2 heterocycles. The van der Waals surface area contributed by atoms with Crippen molar-refractivity contribution in [2.75, 3.05) is 5.73 Å². The standard InChI is InChI=1S/C11H11N3S/c12-10-6-15-11(14-10)8-3-4-9(13-5-8)7-1-2-7/h3-7H,1-2,12H2. The number of nitrogens with two attached hydrogens (primary N) is 1. The lowest BCUT2D eigenvalue weighted by Crippen LogP contribution is -1.87. The molecule has 1 saturated carbocycles. The van der Waals surface area contributed by atoms with E-state index in [0.29, 0.717) is 11.7 Å². The average Bonchev–Trinajstić information content (AvgIpc) is 3.02. The van der Waals surface area contributed by atoms with Crippen LogP contribution >= 0.6 is 11.3 Å². The van der Waals surface area contributed by atoms with Crippen LogP contribution in [0.1, 0.15) is 24.5 Å². The molecule has 0 saturated heterocycles. The van der Waals surface area contributed by atoms with Gasteiger partial charge in [-0.05, 0) is 25.0 Å². The zero-order valence-corrected chi connectivity index (χ0v) is 9.00. The van der Waals surface area contributed by atoms with Crippen LogP contribution in [0.15, 0.2) is 23.7 Å². The van der Waals surface area contributed by atoms with Crippen molar-refractivity contribution in [3.05, 3.63) is 29.4 Å². The number of aromatic nitrogens is 2. The first-order chi connectivity index (χ1) is 7.33. The molecule has 2 aromatic heterocycles. The first-order valence-corrected chi connectivity index (χ1v) is 5.88. The predicted molar refractivity (Wildman–Crippen MR) is 61.7 cm³/mol. The van der Waals surface area contributed by atoms with E-state index < -0.39 is 0 Å². The van der Waals surface area contributed by atoms with E-state index in [-0.39, 0.29) is 0 Å². The molecule has 0 spiro atoms. The van der Waals surface area contributed by atoms with Gasteiger partial charge in [-0.25, -0.2) is 4.98 Å². The maximum absolute atomic E-state index is 5.58. The second-order valence-electron chi connectivity index (χ2n) is 3.82. The summed E-state index contributed by atoms with van der Waals surface area (Å²) in [7, 11) is 0. The summed E-state index contributed by atoms with van der Waals surface area (Å²) in [4.78, 5) is 8.68. The SMILES string of the molecule is Nc1csc(-c2ccc(C3CC3)nc2)n1. The largest absolute Gasteiger partial charge is 0.383 e. The molecule has 2 N–H and O–H groups in total. The second kappa shape index (κ2) is 3.31. The molecule has 3 nitrogen and oxygen atoms in total. The Labute approximate surface area is 92.0 Å². The molecule has 4 heteroatoms. The Bertz CT molecular complexity index is 471. The molecule has 0 atom stereocenters. The number of hydrogen-bond donors (Lipinski definition) is 1. The molecule has 0 bridgehead atoms. The molecule has 1 aliphatic carbocycles. The molecule has 0 aromatic carbocycles. The van der Waals surface area contributed by atoms with Crippen molar-refractivity contribution in [3.63, 3.8) is 0 Å². The van der Waals surface area contributed by atoms with Crippen molar-refractivity contribution >= 4 is 17.2 Å². The average molecular weight is 217 g/mol. The summed E-state index contributed by atoms with van der Waals surface area (Å²) in [5, 5.41) is 2.80. The Kier molecular flexibility index (Phi) is 1.95. The third kappa shape index (κ3) is 1.72. The van der Waals surface area contributed by atoms with E-state index >= 15 is 0 Å². The summed E-state index contributed by atoms with van der Waals surface area (Å²) < 4.78 is 0. The summed E-state index contributed by atoms with van der Waals surface area (Å²) in [6.07, 6.45) is 4.47. The van der Waals surface area contributed by atoms with Crippen LogP contribution in [0.4, 0.5) is 5.82 Å². The number of rotatable bonds is 2. The van der Waals surface area contributed by atoms with Crippen LogP contribution in [0.2, 0.25) is 0 Å². The number of anilines is 1. The minimum absolute atomic E-state index is 0.585. The van der Waals surface area contributed by atoms with Crippen molar-refractivity contribution in [3.8, 4) is 10.6 Å². The molecule has 15 heavy (non-hydrogen) atoms. The van der Waals surface area contributed by atoms with E-state index in [1.54, 1.807) is 11.3 Å². The number of nitrogen functional groups attached to an aromatic ring is 1. The summed E-state index contributed by atoms with van der Waals surface area (Å²) in [5.74, 6) is 1.29. The smallest absolute Gasteiger partial charge is 0.135 e. The Hall–Kier alpha value is -1.42. The van der Waals surface area contributed by atoms with Gasteiger partial charge in [0.25, 0.3) is 0 Å².